The van der Waals surface area contributed by atoms with Gasteiger partial charge in [0.15, 0.2) is 0 Å². The van der Waals surface area contributed by atoms with Gasteiger partial charge in [-0.25, -0.2) is 9.59 Å². The highest BCUT2D eigenvalue weighted by Crippen LogP contribution is 2.36. The van der Waals surface area contributed by atoms with Gasteiger partial charge in [0.25, 0.3) is 0 Å². The molecule has 1 unspecified atom stereocenters. The van der Waals surface area contributed by atoms with E-state index in [1.165, 1.54) is 28.0 Å². The van der Waals surface area contributed by atoms with E-state index >= 15 is 0 Å². The number of hydrogen-bond donors (Lipinski definition) is 1. The predicted octanol–water partition coefficient (Wildman–Crippen LogP) is 3.16. The third-order valence-electron chi connectivity index (χ3n) is 4.59. The van der Waals surface area contributed by atoms with Gasteiger partial charge in [-0.05, 0) is 17.7 Å². The van der Waals surface area contributed by atoms with E-state index in [1.54, 1.807) is 0 Å². The maximum Gasteiger partial charge on any atom is 0.410 e. The van der Waals surface area contributed by atoms with Crippen LogP contribution >= 0.6 is 11.6 Å². The summed E-state index contributed by atoms with van der Waals surface area (Å²) in [5, 5.41) is 21.0. The Morgan fingerprint density at radius 3 is 2.55 bits per heavy atom. The van der Waals surface area contributed by atoms with E-state index in [1.807, 2.05) is 30.3 Å². The first-order chi connectivity index (χ1) is 13.9. The lowest BCUT2D eigenvalue weighted by atomic mass is 10.1. The van der Waals surface area contributed by atoms with Crippen molar-refractivity contribution in [2.75, 3.05) is 24.5 Å². The molecule has 1 heterocycles. The molecule has 9 nitrogen and oxygen atoms in total. The highest BCUT2D eigenvalue weighted by atomic mass is 35.5. The summed E-state index contributed by atoms with van der Waals surface area (Å²) in [4.78, 5) is 37.6. The van der Waals surface area contributed by atoms with Gasteiger partial charge in [0.2, 0.25) is 0 Å². The lowest BCUT2D eigenvalue weighted by Gasteiger charge is -2.39. The Labute approximate surface area is 171 Å². The number of benzene rings is 2. The number of carboxylic acids is 1. The van der Waals surface area contributed by atoms with Gasteiger partial charge < -0.3 is 19.6 Å². The number of aliphatic carboxylic acids is 1. The number of halogens is 1. The summed E-state index contributed by atoms with van der Waals surface area (Å²) in [5.74, 6) is -1.21. The number of para-hydroxylation sites is 1. The standard InChI is InChI=1S/C19H18ClN3O6/c20-14-7-4-8-15(17(14)23(27)28)22-10-9-21(11-16(22)18(24)25)19(26)29-12-13-5-2-1-3-6-13/h1-8,16H,9-12H2,(H,24,25). The molecule has 1 fully saturated rings. The average Bonchev–Trinajstić information content (AvgIpc) is 2.71. The zero-order valence-corrected chi connectivity index (χ0v) is 16.0. The lowest BCUT2D eigenvalue weighted by Crippen LogP contribution is -2.58. The summed E-state index contributed by atoms with van der Waals surface area (Å²) in [6.45, 7) is 0.129. The molecule has 10 heteroatoms. The quantitative estimate of drug-likeness (QED) is 0.584. The molecule has 0 aromatic heterocycles. The average molecular weight is 420 g/mol. The first-order valence-electron chi connectivity index (χ1n) is 8.76. The van der Waals surface area contributed by atoms with E-state index in [2.05, 4.69) is 0 Å². The van der Waals surface area contributed by atoms with Crippen molar-refractivity contribution in [2.24, 2.45) is 0 Å². The molecule has 0 aliphatic carbocycles. The van der Waals surface area contributed by atoms with Crippen LogP contribution in [0.2, 0.25) is 5.02 Å². The van der Waals surface area contributed by atoms with Crippen LogP contribution < -0.4 is 4.90 Å². The minimum absolute atomic E-state index is 0.0669. The fourth-order valence-corrected chi connectivity index (χ4v) is 3.41. The van der Waals surface area contributed by atoms with Gasteiger partial charge in [-0.2, -0.15) is 0 Å². The topological polar surface area (TPSA) is 113 Å². The Hall–Kier alpha value is -3.33. The van der Waals surface area contributed by atoms with Gasteiger partial charge >= 0.3 is 17.7 Å². The molecule has 1 atom stereocenters. The highest BCUT2D eigenvalue weighted by molar-refractivity contribution is 6.33. The Morgan fingerprint density at radius 1 is 1.17 bits per heavy atom. The molecule has 29 heavy (non-hydrogen) atoms. The summed E-state index contributed by atoms with van der Waals surface area (Å²) in [7, 11) is 0. The van der Waals surface area contributed by atoms with E-state index in [0.717, 1.165) is 5.56 Å². The number of carbonyl (C=O) groups excluding carboxylic acids is 1. The van der Waals surface area contributed by atoms with Crippen molar-refractivity contribution in [1.29, 1.82) is 0 Å². The van der Waals surface area contributed by atoms with Gasteiger partial charge in [0, 0.05) is 13.1 Å². The Bertz CT molecular complexity index is 923. The van der Waals surface area contributed by atoms with Gasteiger partial charge in [-0.3, -0.25) is 10.1 Å². The maximum atomic E-state index is 12.4. The second-order valence-corrected chi connectivity index (χ2v) is 6.81. The van der Waals surface area contributed by atoms with Crippen LogP contribution in [0.3, 0.4) is 0 Å². The molecule has 0 radical (unpaired) electrons. The largest absolute Gasteiger partial charge is 0.480 e. The minimum Gasteiger partial charge on any atom is -0.480 e. The summed E-state index contributed by atoms with van der Waals surface area (Å²) >= 11 is 5.95. The molecule has 1 N–H and O–H groups in total. The van der Waals surface area contributed by atoms with Crippen LogP contribution in [0.5, 0.6) is 0 Å². The van der Waals surface area contributed by atoms with Gasteiger partial charge in [-0.15, -0.1) is 0 Å². The summed E-state index contributed by atoms with van der Waals surface area (Å²) < 4.78 is 5.26. The van der Waals surface area contributed by atoms with Crippen molar-refractivity contribution in [3.63, 3.8) is 0 Å². The number of anilines is 1. The molecule has 0 spiro atoms. The molecule has 1 saturated heterocycles. The summed E-state index contributed by atoms with van der Waals surface area (Å²) in [5.41, 5.74) is 0.552. The van der Waals surface area contributed by atoms with Crippen LogP contribution in [-0.2, 0) is 16.1 Å². The van der Waals surface area contributed by atoms with E-state index in [4.69, 9.17) is 16.3 Å². The molecule has 0 bridgehead atoms. The van der Waals surface area contributed by atoms with Gasteiger partial charge in [0.05, 0.1) is 11.5 Å². The number of nitrogens with zero attached hydrogens (tertiary/aromatic N) is 3. The van der Waals surface area contributed by atoms with Crippen molar-refractivity contribution in [1.82, 2.24) is 4.90 Å². The first kappa shape index (κ1) is 20.4. The van der Waals surface area contributed by atoms with Crippen LogP contribution in [0, 0.1) is 10.1 Å². The third-order valence-corrected chi connectivity index (χ3v) is 4.89. The Kier molecular flexibility index (Phi) is 6.18. The van der Waals surface area contributed by atoms with E-state index in [0.29, 0.717) is 0 Å². The second-order valence-electron chi connectivity index (χ2n) is 6.40. The fourth-order valence-electron chi connectivity index (χ4n) is 3.18. The molecule has 2 aromatic rings. The van der Waals surface area contributed by atoms with Crippen LogP contribution in [0.1, 0.15) is 5.56 Å². The molecule has 1 aliphatic rings. The first-order valence-corrected chi connectivity index (χ1v) is 9.14. The van der Waals surface area contributed by atoms with E-state index in [-0.39, 0.29) is 42.6 Å². The van der Waals surface area contributed by atoms with Crippen molar-refractivity contribution < 1.29 is 24.4 Å². The monoisotopic (exact) mass is 419 g/mol. The SMILES string of the molecule is O=C(O)C1CN(C(=O)OCc2ccccc2)CCN1c1cccc(Cl)c1[N+](=O)[O-]. The number of nitro benzene ring substituents is 1. The predicted molar refractivity (Wildman–Crippen MR) is 105 cm³/mol. The third kappa shape index (κ3) is 4.57. The number of amides is 1. The van der Waals surface area contributed by atoms with Crippen LogP contribution in [0.4, 0.5) is 16.2 Å². The van der Waals surface area contributed by atoms with Crippen molar-refractivity contribution in [3.05, 3.63) is 69.2 Å². The van der Waals surface area contributed by atoms with E-state index in [9.17, 15) is 24.8 Å². The number of rotatable bonds is 5. The van der Waals surface area contributed by atoms with Crippen molar-refractivity contribution in [3.8, 4) is 0 Å². The molecular weight excluding hydrogens is 402 g/mol. The maximum absolute atomic E-state index is 12.4. The van der Waals surface area contributed by atoms with Gasteiger partial charge in [0.1, 0.15) is 23.4 Å². The number of carboxylic acid groups (broad SMARTS) is 1. The molecule has 3 rings (SSSR count). The van der Waals surface area contributed by atoms with E-state index < -0.39 is 23.0 Å². The molecule has 1 amide bonds. The number of carbonyl (C=O) groups is 2. The molecule has 1 aliphatic heterocycles. The summed E-state index contributed by atoms with van der Waals surface area (Å²) in [6.07, 6.45) is -0.639. The minimum atomic E-state index is -1.21. The normalized spacial score (nSPS) is 16.4. The second kappa shape index (κ2) is 8.78. The number of hydrogen-bond acceptors (Lipinski definition) is 6. The zero-order chi connectivity index (χ0) is 21.0. The Morgan fingerprint density at radius 2 is 1.90 bits per heavy atom. The molecular formula is C19H18ClN3O6. The van der Waals surface area contributed by atoms with Gasteiger partial charge in [-0.1, -0.05) is 48.0 Å². The lowest BCUT2D eigenvalue weighted by molar-refractivity contribution is -0.384. The Balaban J connectivity index is 1.75. The van der Waals surface area contributed by atoms with Crippen LogP contribution in [-0.4, -0.2) is 52.7 Å². The molecule has 2 aromatic carbocycles. The fraction of sp³-hybridized carbons (Fsp3) is 0.263. The van der Waals surface area contributed by atoms with Crippen LogP contribution in [0.25, 0.3) is 0 Å². The van der Waals surface area contributed by atoms with Crippen LogP contribution in [0.15, 0.2) is 48.5 Å². The molecule has 152 valence electrons. The number of nitro groups is 1. The molecule has 0 saturated carbocycles. The van der Waals surface area contributed by atoms with Crippen molar-refractivity contribution >= 4 is 35.0 Å². The smallest absolute Gasteiger partial charge is 0.410 e. The highest BCUT2D eigenvalue weighted by Gasteiger charge is 2.38. The zero-order valence-electron chi connectivity index (χ0n) is 15.2. The summed E-state index contributed by atoms with van der Waals surface area (Å²) in [6, 6.07) is 12.3. The number of ether oxygens (including phenoxy) is 1. The number of piperazine rings is 1. The van der Waals surface area contributed by atoms with Crippen molar-refractivity contribution in [2.45, 2.75) is 12.6 Å².